The van der Waals surface area contributed by atoms with Crippen LogP contribution in [0.1, 0.15) is 36.9 Å². The fraction of sp³-hybridized carbons (Fsp3) is 0.333. The van der Waals surface area contributed by atoms with E-state index in [-0.39, 0.29) is 0 Å². The van der Waals surface area contributed by atoms with Crippen molar-refractivity contribution in [3.8, 4) is 28.5 Å². The number of rotatable bonds is 5. The molecule has 0 saturated heterocycles. The smallest absolute Gasteiger partial charge is 0.122 e. The van der Waals surface area contributed by atoms with Crippen LogP contribution in [0.5, 0.6) is 5.75 Å². The maximum Gasteiger partial charge on any atom is 0.122 e. The highest BCUT2D eigenvalue weighted by Crippen LogP contribution is 2.34. The Kier molecular flexibility index (Phi) is 5.13. The third kappa shape index (κ3) is 3.60. The number of nitrogens with zero attached hydrogens (tertiary/aromatic N) is 6. The first-order valence-corrected chi connectivity index (χ1v) is 10.2. The summed E-state index contributed by atoms with van der Waals surface area (Å²) < 4.78 is 9.68. The van der Waals surface area contributed by atoms with Crippen LogP contribution in [0.2, 0.25) is 0 Å². The molecular formula is C24H28N6O. The molecule has 0 unspecified atom stereocenters. The molecule has 0 saturated carbocycles. The molecule has 0 aliphatic carbocycles. The van der Waals surface area contributed by atoms with E-state index in [4.69, 9.17) is 14.7 Å². The molecule has 0 bridgehead atoms. The second-order valence-corrected chi connectivity index (χ2v) is 8.31. The number of aryl methyl sites for hydroxylation is 2. The van der Waals surface area contributed by atoms with Crippen molar-refractivity contribution in [2.24, 2.45) is 14.1 Å². The molecule has 0 radical (unpaired) electrons. The van der Waals surface area contributed by atoms with Crippen molar-refractivity contribution in [2.45, 2.75) is 33.1 Å². The van der Waals surface area contributed by atoms with Crippen LogP contribution < -0.4 is 4.74 Å². The van der Waals surface area contributed by atoms with E-state index in [1.54, 1.807) is 7.11 Å². The van der Waals surface area contributed by atoms with Gasteiger partial charge in [-0.25, -0.2) is 15.0 Å². The van der Waals surface area contributed by atoms with Gasteiger partial charge < -0.3 is 13.9 Å². The lowest BCUT2D eigenvalue weighted by Crippen LogP contribution is -2.23. The van der Waals surface area contributed by atoms with E-state index in [0.717, 1.165) is 51.6 Å². The van der Waals surface area contributed by atoms with Gasteiger partial charge in [0.2, 0.25) is 0 Å². The highest BCUT2D eigenvalue weighted by atomic mass is 16.5. The average Bonchev–Trinajstić information content (AvgIpc) is 3.29. The first kappa shape index (κ1) is 20.8. The second-order valence-electron chi connectivity index (χ2n) is 8.31. The number of methoxy groups -OCH3 is 1. The lowest BCUT2D eigenvalue weighted by atomic mass is 9.84. The van der Waals surface area contributed by atoms with Crippen LogP contribution in [0.15, 0.2) is 42.7 Å². The van der Waals surface area contributed by atoms with E-state index in [2.05, 4.69) is 23.8 Å². The van der Waals surface area contributed by atoms with Crippen LogP contribution in [0.3, 0.4) is 0 Å². The number of hydrogen-bond acceptors (Lipinski definition) is 5. The minimum atomic E-state index is -0.444. The average molecular weight is 417 g/mol. The molecule has 0 atom stereocenters. The topological polar surface area (TPSA) is 70.7 Å². The zero-order chi connectivity index (χ0) is 22.3. The molecule has 7 heteroatoms. The zero-order valence-electron chi connectivity index (χ0n) is 19.1. The lowest BCUT2D eigenvalue weighted by Gasteiger charge is -2.25. The van der Waals surface area contributed by atoms with Crippen molar-refractivity contribution in [1.82, 2.24) is 29.1 Å². The predicted octanol–water partition coefficient (Wildman–Crippen LogP) is 4.23. The highest BCUT2D eigenvalue weighted by molar-refractivity contribution is 5.59. The fourth-order valence-electron chi connectivity index (χ4n) is 3.61. The molecule has 160 valence electrons. The van der Waals surface area contributed by atoms with Crippen molar-refractivity contribution >= 4 is 0 Å². The Labute approximate surface area is 182 Å². The fourth-order valence-corrected chi connectivity index (χ4v) is 3.61. The summed E-state index contributed by atoms with van der Waals surface area (Å²) in [5.74, 6) is 2.64. The molecule has 31 heavy (non-hydrogen) atoms. The van der Waals surface area contributed by atoms with E-state index in [1.807, 2.05) is 79.8 Å². The van der Waals surface area contributed by atoms with E-state index in [0.29, 0.717) is 0 Å². The van der Waals surface area contributed by atoms with Crippen molar-refractivity contribution in [2.75, 3.05) is 7.11 Å². The summed E-state index contributed by atoms with van der Waals surface area (Å²) in [4.78, 5) is 18.8. The minimum absolute atomic E-state index is 0.444. The Hall–Kier alpha value is -3.48. The molecule has 0 spiro atoms. The van der Waals surface area contributed by atoms with E-state index in [1.165, 1.54) is 0 Å². The van der Waals surface area contributed by atoms with E-state index < -0.39 is 5.41 Å². The third-order valence-electron chi connectivity index (χ3n) is 6.03. The van der Waals surface area contributed by atoms with Gasteiger partial charge in [-0.3, -0.25) is 4.98 Å². The number of ether oxygens (including phenoxy) is 1. The predicted molar refractivity (Wildman–Crippen MR) is 121 cm³/mol. The number of aromatic nitrogens is 6. The molecule has 7 nitrogen and oxygen atoms in total. The summed E-state index contributed by atoms with van der Waals surface area (Å²) in [6, 6.07) is 10.0. The zero-order valence-corrected chi connectivity index (χ0v) is 19.1. The van der Waals surface area contributed by atoms with Gasteiger partial charge in [0.1, 0.15) is 17.4 Å². The Morgan fingerprint density at radius 2 is 1.39 bits per heavy atom. The molecule has 0 aliphatic rings. The maximum absolute atomic E-state index is 5.60. The Bertz CT molecular complexity index is 1250. The molecule has 0 N–H and O–H groups in total. The molecule has 4 aromatic heterocycles. The molecule has 4 rings (SSSR count). The van der Waals surface area contributed by atoms with Gasteiger partial charge in [-0.2, -0.15) is 0 Å². The van der Waals surface area contributed by atoms with Gasteiger partial charge in [0.15, 0.2) is 0 Å². The number of imidazole rings is 2. The molecule has 4 heterocycles. The summed E-state index contributed by atoms with van der Waals surface area (Å²) in [6.07, 6.45) is 3.71. The standard InChI is InChI=1S/C24H28N6O/c1-15-25-13-20(29(15)5)18-9-8-10-22(27-18)24(3,4)23-12-17(31-7)11-19(28-23)21-14-26-16(2)30(21)6/h8-14H,1-7H3. The quantitative estimate of drug-likeness (QED) is 0.487. The molecule has 0 aliphatic heterocycles. The normalized spacial score (nSPS) is 11.7. The monoisotopic (exact) mass is 416 g/mol. The minimum Gasteiger partial charge on any atom is -0.497 e. The van der Waals surface area contributed by atoms with Gasteiger partial charge in [0.05, 0.1) is 53.7 Å². The largest absolute Gasteiger partial charge is 0.497 e. The summed E-state index contributed by atoms with van der Waals surface area (Å²) in [6.45, 7) is 8.23. The van der Waals surface area contributed by atoms with Gasteiger partial charge >= 0.3 is 0 Å². The van der Waals surface area contributed by atoms with E-state index in [9.17, 15) is 0 Å². The third-order valence-corrected chi connectivity index (χ3v) is 6.03. The summed E-state index contributed by atoms with van der Waals surface area (Å²) in [5, 5.41) is 0. The van der Waals surface area contributed by atoms with Crippen LogP contribution >= 0.6 is 0 Å². The SMILES string of the molecule is COc1cc(-c2cnc(C)n2C)nc(C(C)(C)c2cccc(-c3cnc(C)n3C)n2)c1. The molecular weight excluding hydrogens is 388 g/mol. The molecule has 0 aromatic carbocycles. The lowest BCUT2D eigenvalue weighted by molar-refractivity contribution is 0.412. The van der Waals surface area contributed by atoms with Crippen molar-refractivity contribution in [1.29, 1.82) is 0 Å². The Balaban J connectivity index is 1.82. The van der Waals surface area contributed by atoms with Gasteiger partial charge in [0.25, 0.3) is 0 Å². The van der Waals surface area contributed by atoms with Crippen LogP contribution in [0.25, 0.3) is 22.8 Å². The second kappa shape index (κ2) is 7.65. The van der Waals surface area contributed by atoms with Crippen molar-refractivity contribution in [3.63, 3.8) is 0 Å². The van der Waals surface area contributed by atoms with Gasteiger partial charge in [0, 0.05) is 31.6 Å². The van der Waals surface area contributed by atoms with Gasteiger partial charge in [-0.1, -0.05) is 6.07 Å². The van der Waals surface area contributed by atoms with Crippen LogP contribution in [0.4, 0.5) is 0 Å². The highest BCUT2D eigenvalue weighted by Gasteiger charge is 2.28. The first-order valence-electron chi connectivity index (χ1n) is 10.2. The number of hydrogen-bond donors (Lipinski definition) is 0. The molecule has 4 aromatic rings. The van der Waals surface area contributed by atoms with Crippen molar-refractivity contribution < 1.29 is 4.74 Å². The maximum atomic E-state index is 5.60. The van der Waals surface area contributed by atoms with Crippen LogP contribution in [-0.4, -0.2) is 36.2 Å². The first-order chi connectivity index (χ1) is 14.7. The van der Waals surface area contributed by atoms with Gasteiger partial charge in [-0.05, 0) is 39.8 Å². The summed E-state index contributed by atoms with van der Waals surface area (Å²) >= 11 is 0. The Morgan fingerprint density at radius 1 is 0.806 bits per heavy atom. The summed E-state index contributed by atoms with van der Waals surface area (Å²) in [7, 11) is 5.67. The van der Waals surface area contributed by atoms with E-state index >= 15 is 0 Å². The Morgan fingerprint density at radius 3 is 1.94 bits per heavy atom. The molecule has 0 amide bonds. The summed E-state index contributed by atoms with van der Waals surface area (Å²) in [5.41, 5.74) is 5.01. The molecule has 0 fully saturated rings. The number of pyridine rings is 2. The van der Waals surface area contributed by atoms with Crippen molar-refractivity contribution in [3.05, 3.63) is 65.8 Å². The van der Waals surface area contributed by atoms with Crippen LogP contribution in [-0.2, 0) is 19.5 Å². The van der Waals surface area contributed by atoms with Crippen LogP contribution in [0, 0.1) is 13.8 Å². The van der Waals surface area contributed by atoms with Gasteiger partial charge in [-0.15, -0.1) is 0 Å².